The molecule has 2 aromatic carbocycles. The Hall–Kier alpha value is -2.03. The highest BCUT2D eigenvalue weighted by Gasteiger charge is 2.15. The van der Waals surface area contributed by atoms with Gasteiger partial charge < -0.3 is 4.74 Å². The van der Waals surface area contributed by atoms with Gasteiger partial charge in [0.15, 0.2) is 0 Å². The van der Waals surface area contributed by atoms with E-state index >= 15 is 0 Å². The minimum atomic E-state index is 0.411. The highest BCUT2D eigenvalue weighted by Crippen LogP contribution is 2.30. The molecule has 3 rings (SSSR count). The first kappa shape index (κ1) is 15.9. The van der Waals surface area contributed by atoms with Crippen LogP contribution in [0.3, 0.4) is 0 Å². The minimum Gasteiger partial charge on any atom is -0.460 e. The molecular weight excluding hydrogens is 329 g/mol. The van der Waals surface area contributed by atoms with Crippen molar-refractivity contribution in [3.63, 3.8) is 0 Å². The molecule has 0 saturated carbocycles. The van der Waals surface area contributed by atoms with Crippen LogP contribution in [0.5, 0.6) is 0 Å². The van der Waals surface area contributed by atoms with Crippen LogP contribution in [0.15, 0.2) is 65.9 Å². The molecule has 0 radical (unpaired) electrons. The second-order valence-corrected chi connectivity index (χ2v) is 6.18. The standard InChI is InChI=1S/C19H15Cl2NO/c1-12-3-5-14(6-4-12)18-10-19(23-13(2)11-22-18)16-8-7-15(20)9-17(16)21/h3-10H,2,11H2,1H3. The van der Waals surface area contributed by atoms with Gasteiger partial charge in [0, 0.05) is 16.7 Å². The third-order valence-corrected chi connectivity index (χ3v) is 4.04. The molecule has 0 atom stereocenters. The number of nitrogens with zero attached hydrogens (tertiary/aromatic N) is 1. The highest BCUT2D eigenvalue weighted by molar-refractivity contribution is 6.35. The molecule has 0 N–H and O–H groups in total. The van der Waals surface area contributed by atoms with Crippen LogP contribution in [0.2, 0.25) is 10.0 Å². The molecule has 0 bridgehead atoms. The van der Waals surface area contributed by atoms with Crippen LogP contribution in [0.4, 0.5) is 0 Å². The van der Waals surface area contributed by atoms with E-state index in [1.807, 2.05) is 24.3 Å². The van der Waals surface area contributed by atoms with Gasteiger partial charge in [0.05, 0.1) is 17.3 Å². The van der Waals surface area contributed by atoms with Crippen LogP contribution < -0.4 is 0 Å². The zero-order valence-corrected chi connectivity index (χ0v) is 14.2. The average molecular weight is 344 g/mol. The molecule has 0 aromatic heterocycles. The third-order valence-electron chi connectivity index (χ3n) is 3.49. The van der Waals surface area contributed by atoms with Gasteiger partial charge in [-0.2, -0.15) is 0 Å². The summed E-state index contributed by atoms with van der Waals surface area (Å²) in [7, 11) is 0. The Morgan fingerprint density at radius 1 is 1.09 bits per heavy atom. The minimum absolute atomic E-state index is 0.411. The molecular formula is C19H15Cl2NO. The maximum Gasteiger partial charge on any atom is 0.137 e. The van der Waals surface area contributed by atoms with Gasteiger partial charge in [-0.15, -0.1) is 0 Å². The molecule has 23 heavy (non-hydrogen) atoms. The van der Waals surface area contributed by atoms with Crippen molar-refractivity contribution in [2.45, 2.75) is 6.92 Å². The van der Waals surface area contributed by atoms with Gasteiger partial charge >= 0.3 is 0 Å². The molecule has 1 heterocycles. The van der Waals surface area contributed by atoms with Gasteiger partial charge in [0.25, 0.3) is 0 Å². The largest absolute Gasteiger partial charge is 0.460 e. The lowest BCUT2D eigenvalue weighted by Gasteiger charge is -2.11. The number of aliphatic imine (C=N–C) groups is 1. The average Bonchev–Trinajstić information content (AvgIpc) is 2.70. The van der Waals surface area contributed by atoms with E-state index in [1.54, 1.807) is 12.1 Å². The van der Waals surface area contributed by atoms with Crippen LogP contribution in [0.1, 0.15) is 16.7 Å². The molecule has 1 aliphatic heterocycles. The molecule has 2 aromatic rings. The van der Waals surface area contributed by atoms with E-state index in [0.29, 0.717) is 28.1 Å². The van der Waals surface area contributed by atoms with E-state index in [9.17, 15) is 0 Å². The van der Waals surface area contributed by atoms with E-state index in [2.05, 4.69) is 30.6 Å². The SMILES string of the molecule is C=C1CN=C(c2ccc(C)cc2)C=C(c2ccc(Cl)cc2Cl)O1. The fourth-order valence-electron chi connectivity index (χ4n) is 2.28. The Kier molecular flexibility index (Phi) is 4.56. The first-order valence-electron chi connectivity index (χ1n) is 7.17. The van der Waals surface area contributed by atoms with Crippen molar-refractivity contribution >= 4 is 34.7 Å². The number of hydrogen-bond donors (Lipinski definition) is 0. The number of ether oxygens (including phenoxy) is 1. The Morgan fingerprint density at radius 2 is 1.83 bits per heavy atom. The van der Waals surface area contributed by atoms with Crippen molar-refractivity contribution in [2.24, 2.45) is 4.99 Å². The summed E-state index contributed by atoms with van der Waals surface area (Å²) >= 11 is 12.3. The second kappa shape index (κ2) is 6.61. The first-order valence-corrected chi connectivity index (χ1v) is 7.93. The summed E-state index contributed by atoms with van der Waals surface area (Å²) < 4.78 is 5.82. The summed E-state index contributed by atoms with van der Waals surface area (Å²) in [4.78, 5) is 4.57. The second-order valence-electron chi connectivity index (χ2n) is 5.34. The summed E-state index contributed by atoms with van der Waals surface area (Å²) in [6, 6.07) is 13.5. The van der Waals surface area contributed by atoms with Crippen molar-refractivity contribution in [1.82, 2.24) is 0 Å². The Balaban J connectivity index is 2.06. The smallest absolute Gasteiger partial charge is 0.137 e. The van der Waals surface area contributed by atoms with Crippen molar-refractivity contribution in [1.29, 1.82) is 0 Å². The highest BCUT2D eigenvalue weighted by atomic mass is 35.5. The molecule has 1 aliphatic rings. The van der Waals surface area contributed by atoms with Crippen LogP contribution in [0, 0.1) is 6.92 Å². The predicted octanol–water partition coefficient (Wildman–Crippen LogP) is 5.68. The van der Waals surface area contributed by atoms with Crippen molar-refractivity contribution < 1.29 is 4.74 Å². The Labute approximate surface area is 145 Å². The zero-order valence-electron chi connectivity index (χ0n) is 12.6. The normalized spacial score (nSPS) is 14.7. The number of rotatable bonds is 2. The summed E-state index contributed by atoms with van der Waals surface area (Å²) in [6.45, 7) is 6.37. The molecule has 2 nitrogen and oxygen atoms in total. The number of allylic oxidation sites excluding steroid dienone is 1. The van der Waals surface area contributed by atoms with E-state index in [-0.39, 0.29) is 0 Å². The van der Waals surface area contributed by atoms with Gasteiger partial charge in [-0.25, -0.2) is 0 Å². The summed E-state index contributed by atoms with van der Waals surface area (Å²) in [5.41, 5.74) is 3.83. The number of hydrogen-bond acceptors (Lipinski definition) is 2. The molecule has 0 amide bonds. The molecule has 116 valence electrons. The van der Waals surface area contributed by atoms with Gasteiger partial charge in [0.1, 0.15) is 11.5 Å². The van der Waals surface area contributed by atoms with Gasteiger partial charge in [0.2, 0.25) is 0 Å². The van der Waals surface area contributed by atoms with Crippen LogP contribution >= 0.6 is 23.2 Å². The van der Waals surface area contributed by atoms with Crippen molar-refractivity contribution in [2.75, 3.05) is 6.54 Å². The molecule has 0 saturated heterocycles. The summed E-state index contributed by atoms with van der Waals surface area (Å²) in [5.74, 6) is 1.19. The molecule has 0 aliphatic carbocycles. The number of benzene rings is 2. The Bertz CT molecular complexity index is 820. The molecule has 0 unspecified atom stereocenters. The Morgan fingerprint density at radius 3 is 2.52 bits per heavy atom. The van der Waals surface area contributed by atoms with Crippen LogP contribution in [-0.2, 0) is 4.74 Å². The van der Waals surface area contributed by atoms with E-state index in [1.165, 1.54) is 5.56 Å². The fourth-order valence-corrected chi connectivity index (χ4v) is 2.78. The van der Waals surface area contributed by atoms with Gasteiger partial charge in [-0.05, 0) is 30.7 Å². The van der Waals surface area contributed by atoms with E-state index < -0.39 is 0 Å². The molecule has 4 heteroatoms. The topological polar surface area (TPSA) is 21.6 Å². The fraction of sp³-hybridized carbons (Fsp3) is 0.105. The van der Waals surface area contributed by atoms with Crippen LogP contribution in [-0.4, -0.2) is 12.3 Å². The zero-order chi connectivity index (χ0) is 16.4. The first-order chi connectivity index (χ1) is 11.0. The number of halogens is 2. The maximum absolute atomic E-state index is 6.30. The lowest BCUT2D eigenvalue weighted by molar-refractivity contribution is 0.381. The monoisotopic (exact) mass is 343 g/mol. The maximum atomic E-state index is 6.30. The van der Waals surface area contributed by atoms with E-state index in [4.69, 9.17) is 27.9 Å². The molecule has 0 spiro atoms. The predicted molar refractivity (Wildman–Crippen MR) is 97.2 cm³/mol. The van der Waals surface area contributed by atoms with Crippen LogP contribution in [0.25, 0.3) is 5.76 Å². The van der Waals surface area contributed by atoms with Gasteiger partial charge in [-0.1, -0.05) is 59.6 Å². The van der Waals surface area contributed by atoms with E-state index in [0.717, 1.165) is 16.8 Å². The van der Waals surface area contributed by atoms with Crippen molar-refractivity contribution in [3.05, 3.63) is 87.6 Å². The quantitative estimate of drug-likeness (QED) is 0.687. The summed E-state index contributed by atoms with van der Waals surface area (Å²) in [5, 5.41) is 1.11. The summed E-state index contributed by atoms with van der Waals surface area (Å²) in [6.07, 6.45) is 1.89. The third kappa shape index (κ3) is 3.66. The lowest BCUT2D eigenvalue weighted by atomic mass is 10.1. The number of aryl methyl sites for hydroxylation is 1. The molecule has 0 fully saturated rings. The van der Waals surface area contributed by atoms with Gasteiger partial charge in [-0.3, -0.25) is 4.99 Å². The van der Waals surface area contributed by atoms with Crippen molar-refractivity contribution in [3.8, 4) is 0 Å². The lowest BCUT2D eigenvalue weighted by Crippen LogP contribution is -1.98.